The molecule has 17 heavy (non-hydrogen) atoms. The predicted octanol–water partition coefficient (Wildman–Crippen LogP) is 2.78. The van der Waals surface area contributed by atoms with E-state index in [9.17, 15) is 4.79 Å². The lowest BCUT2D eigenvalue weighted by atomic mass is 9.98. The van der Waals surface area contributed by atoms with Gasteiger partial charge in [0.2, 0.25) is 5.78 Å². The average Bonchev–Trinajstić information content (AvgIpc) is 2.42. The van der Waals surface area contributed by atoms with Crippen LogP contribution in [0.25, 0.3) is 0 Å². The first-order chi connectivity index (χ1) is 7.84. The molecule has 1 fully saturated rings. The van der Waals surface area contributed by atoms with Crippen LogP contribution in [-0.4, -0.2) is 30.4 Å². The van der Waals surface area contributed by atoms with E-state index in [1.807, 2.05) is 0 Å². The van der Waals surface area contributed by atoms with Crippen LogP contribution in [0.5, 0.6) is 0 Å². The fourth-order valence-electron chi connectivity index (χ4n) is 2.77. The van der Waals surface area contributed by atoms with Gasteiger partial charge in [-0.25, -0.2) is 0 Å². The van der Waals surface area contributed by atoms with Gasteiger partial charge in [0, 0.05) is 5.56 Å². The largest absolute Gasteiger partial charge is 0.313 e. The Labute approximate surface area is 104 Å². The lowest BCUT2D eigenvalue weighted by molar-refractivity contribution is -0.924. The van der Waals surface area contributed by atoms with Gasteiger partial charge in [0.1, 0.15) is 0 Å². The van der Waals surface area contributed by atoms with Crippen molar-refractivity contribution in [3.05, 3.63) is 34.9 Å². The van der Waals surface area contributed by atoms with Crippen molar-refractivity contribution in [2.24, 2.45) is 0 Å². The molecule has 0 aliphatic carbocycles. The number of quaternary nitrogens is 1. The minimum atomic E-state index is 0.0179. The standard InChI is InChI=1S/C15H22NO/c1-10-6-7-13(8-11(10)2)15-14(17)9-12(3)16(15,4)5/h6-8,12,15H,9H2,1-5H3/q+1. The molecule has 2 atom stereocenters. The van der Waals surface area contributed by atoms with Crippen molar-refractivity contribution >= 4 is 5.78 Å². The zero-order chi connectivity index (χ0) is 12.8. The second-order valence-corrected chi connectivity index (χ2v) is 5.89. The first-order valence-electron chi connectivity index (χ1n) is 6.27. The third kappa shape index (κ3) is 1.91. The molecule has 0 aromatic heterocycles. The number of hydrogen-bond acceptors (Lipinski definition) is 1. The van der Waals surface area contributed by atoms with E-state index in [4.69, 9.17) is 0 Å². The molecule has 0 bridgehead atoms. The second kappa shape index (κ2) is 3.95. The summed E-state index contributed by atoms with van der Waals surface area (Å²) in [5, 5.41) is 0. The molecule has 0 radical (unpaired) electrons. The lowest BCUT2D eigenvalue weighted by Gasteiger charge is -2.35. The molecular weight excluding hydrogens is 210 g/mol. The van der Waals surface area contributed by atoms with Crippen molar-refractivity contribution in [3.63, 3.8) is 0 Å². The first-order valence-corrected chi connectivity index (χ1v) is 6.27. The maximum atomic E-state index is 12.2. The number of likely N-dealkylation sites (tertiary alicyclic amines) is 1. The maximum Gasteiger partial charge on any atom is 0.200 e. The fraction of sp³-hybridized carbons (Fsp3) is 0.533. The van der Waals surface area contributed by atoms with E-state index < -0.39 is 0 Å². The molecule has 1 heterocycles. The molecule has 2 heteroatoms. The molecule has 92 valence electrons. The summed E-state index contributed by atoms with van der Waals surface area (Å²) in [6.45, 7) is 6.39. The number of likely N-dealkylation sites (N-methyl/N-ethyl adjacent to an activating group) is 1. The molecule has 2 rings (SSSR count). The number of hydrogen-bond donors (Lipinski definition) is 0. The van der Waals surface area contributed by atoms with Crippen LogP contribution in [0.4, 0.5) is 0 Å². The van der Waals surface area contributed by atoms with Gasteiger partial charge in [-0.05, 0) is 38.0 Å². The van der Waals surface area contributed by atoms with Crippen LogP contribution >= 0.6 is 0 Å². The van der Waals surface area contributed by atoms with Gasteiger partial charge in [0.25, 0.3) is 0 Å². The molecule has 0 N–H and O–H groups in total. The average molecular weight is 232 g/mol. The van der Waals surface area contributed by atoms with Gasteiger partial charge in [-0.2, -0.15) is 0 Å². The van der Waals surface area contributed by atoms with Gasteiger partial charge in [0.15, 0.2) is 6.04 Å². The van der Waals surface area contributed by atoms with Gasteiger partial charge in [0.05, 0.1) is 26.6 Å². The van der Waals surface area contributed by atoms with Crippen LogP contribution in [-0.2, 0) is 4.79 Å². The number of benzene rings is 1. The summed E-state index contributed by atoms with van der Waals surface area (Å²) in [6, 6.07) is 6.85. The van der Waals surface area contributed by atoms with Crippen LogP contribution in [0.2, 0.25) is 0 Å². The number of carbonyl (C=O) groups excluding carboxylic acids is 1. The Hall–Kier alpha value is -1.15. The number of nitrogens with zero attached hydrogens (tertiary/aromatic N) is 1. The summed E-state index contributed by atoms with van der Waals surface area (Å²) >= 11 is 0. The van der Waals surface area contributed by atoms with Crippen molar-refractivity contribution in [1.82, 2.24) is 0 Å². The smallest absolute Gasteiger partial charge is 0.200 e. The molecule has 1 saturated heterocycles. The van der Waals surface area contributed by atoms with Crippen LogP contribution in [0, 0.1) is 13.8 Å². The highest BCUT2D eigenvalue weighted by molar-refractivity contribution is 5.86. The summed E-state index contributed by atoms with van der Waals surface area (Å²) in [4.78, 5) is 12.2. The summed E-state index contributed by atoms with van der Waals surface area (Å²) in [7, 11) is 4.32. The molecule has 2 unspecified atom stereocenters. The molecule has 0 saturated carbocycles. The van der Waals surface area contributed by atoms with E-state index in [2.05, 4.69) is 53.1 Å². The Kier molecular flexibility index (Phi) is 2.86. The Morgan fingerprint density at radius 1 is 1.18 bits per heavy atom. The van der Waals surface area contributed by atoms with Crippen LogP contribution in [0.3, 0.4) is 0 Å². The molecule has 0 amide bonds. The van der Waals surface area contributed by atoms with Gasteiger partial charge in [-0.15, -0.1) is 0 Å². The van der Waals surface area contributed by atoms with Gasteiger partial charge < -0.3 is 4.48 Å². The minimum absolute atomic E-state index is 0.0179. The zero-order valence-electron chi connectivity index (χ0n) is 11.4. The zero-order valence-corrected chi connectivity index (χ0v) is 11.4. The highest BCUT2D eigenvalue weighted by atomic mass is 16.1. The third-order valence-electron chi connectivity index (χ3n) is 4.45. The van der Waals surface area contributed by atoms with Gasteiger partial charge in [-0.1, -0.05) is 12.1 Å². The topological polar surface area (TPSA) is 17.1 Å². The SMILES string of the molecule is Cc1ccc(C2C(=O)CC(C)[N+]2(C)C)cc1C. The van der Waals surface area contributed by atoms with Crippen molar-refractivity contribution in [1.29, 1.82) is 0 Å². The summed E-state index contributed by atoms with van der Waals surface area (Å²) in [6.07, 6.45) is 0.699. The fourth-order valence-corrected chi connectivity index (χ4v) is 2.77. The molecule has 1 aliphatic heterocycles. The van der Waals surface area contributed by atoms with E-state index in [0.717, 1.165) is 4.48 Å². The quantitative estimate of drug-likeness (QED) is 0.680. The van der Waals surface area contributed by atoms with E-state index in [1.54, 1.807) is 0 Å². The Morgan fingerprint density at radius 2 is 1.82 bits per heavy atom. The molecule has 0 spiro atoms. The van der Waals surface area contributed by atoms with Crippen LogP contribution in [0.15, 0.2) is 18.2 Å². The number of aryl methyl sites for hydroxylation is 2. The van der Waals surface area contributed by atoms with Crippen molar-refractivity contribution < 1.29 is 9.28 Å². The number of ketones is 1. The van der Waals surface area contributed by atoms with Gasteiger partial charge >= 0.3 is 0 Å². The first kappa shape index (κ1) is 12.3. The van der Waals surface area contributed by atoms with Crippen LogP contribution < -0.4 is 0 Å². The summed E-state index contributed by atoms with van der Waals surface area (Å²) in [5.74, 6) is 0.380. The van der Waals surface area contributed by atoms with Gasteiger partial charge in [-0.3, -0.25) is 4.79 Å². The Bertz CT molecular complexity index is 462. The molecular formula is C15H22NO+. The minimum Gasteiger partial charge on any atom is -0.313 e. The van der Waals surface area contributed by atoms with E-state index in [1.165, 1.54) is 16.7 Å². The number of rotatable bonds is 1. The number of carbonyl (C=O) groups is 1. The maximum absolute atomic E-state index is 12.2. The highest BCUT2D eigenvalue weighted by Gasteiger charge is 2.47. The summed E-state index contributed by atoms with van der Waals surface area (Å²) < 4.78 is 0.779. The van der Waals surface area contributed by atoms with E-state index in [-0.39, 0.29) is 6.04 Å². The van der Waals surface area contributed by atoms with Crippen molar-refractivity contribution in [2.75, 3.05) is 14.1 Å². The Morgan fingerprint density at radius 3 is 2.29 bits per heavy atom. The third-order valence-corrected chi connectivity index (χ3v) is 4.45. The Balaban J connectivity index is 2.45. The summed E-state index contributed by atoms with van der Waals surface area (Å²) in [5.41, 5.74) is 3.74. The second-order valence-electron chi connectivity index (χ2n) is 5.89. The normalized spacial score (nSPS) is 27.5. The van der Waals surface area contributed by atoms with Crippen LogP contribution in [0.1, 0.15) is 36.1 Å². The monoisotopic (exact) mass is 232 g/mol. The van der Waals surface area contributed by atoms with Crippen molar-refractivity contribution in [3.8, 4) is 0 Å². The molecule has 1 aromatic carbocycles. The predicted molar refractivity (Wildman–Crippen MR) is 69.9 cm³/mol. The lowest BCUT2D eigenvalue weighted by Crippen LogP contribution is -2.45. The van der Waals surface area contributed by atoms with Crippen molar-refractivity contribution in [2.45, 2.75) is 39.3 Å². The molecule has 1 aromatic rings. The molecule has 2 nitrogen and oxygen atoms in total. The highest BCUT2D eigenvalue weighted by Crippen LogP contribution is 2.37. The van der Waals surface area contributed by atoms with E-state index >= 15 is 0 Å². The molecule has 1 aliphatic rings. The number of Topliss-reactive ketones (excluding diaryl/α,β-unsaturated/α-hetero) is 1. The van der Waals surface area contributed by atoms with E-state index in [0.29, 0.717) is 18.2 Å².